The molecule has 0 saturated carbocycles. The number of hydrogen-bond donors (Lipinski definition) is 1. The number of rotatable bonds is 12. The van der Waals surface area contributed by atoms with E-state index in [9.17, 15) is 0 Å². The molecule has 0 saturated heterocycles. The van der Waals surface area contributed by atoms with E-state index in [1.54, 1.807) is 0 Å². The highest BCUT2D eigenvalue weighted by Gasteiger charge is 1.99. The van der Waals surface area contributed by atoms with Gasteiger partial charge in [0.2, 0.25) is 0 Å². The molecule has 0 bridgehead atoms. The van der Waals surface area contributed by atoms with Crippen LogP contribution in [-0.4, -0.2) is 11.7 Å². The van der Waals surface area contributed by atoms with Gasteiger partial charge in [-0.1, -0.05) is 44.9 Å². The van der Waals surface area contributed by atoms with Crippen molar-refractivity contribution in [2.24, 2.45) is 0 Å². The normalized spacial score (nSPS) is 10.4. The summed E-state index contributed by atoms with van der Waals surface area (Å²) >= 11 is 0. The average Bonchev–Trinajstić information content (AvgIpc) is 2.45. The van der Waals surface area contributed by atoms with Gasteiger partial charge in [0, 0.05) is 24.7 Å². The van der Waals surface area contributed by atoms with Crippen molar-refractivity contribution in [3.8, 4) is 0 Å². The third-order valence-electron chi connectivity index (χ3n) is 3.83. The molecule has 1 heterocycles. The second-order valence-electron chi connectivity index (χ2n) is 5.88. The first-order valence-corrected chi connectivity index (χ1v) is 8.39. The number of halogens is 1. The summed E-state index contributed by atoms with van der Waals surface area (Å²) in [5, 5.41) is 8.69. The number of pyridine rings is 1. The maximum absolute atomic E-state index is 8.69. The van der Waals surface area contributed by atoms with Crippen LogP contribution in [0.5, 0.6) is 0 Å². The first-order chi connectivity index (χ1) is 9.83. The molecule has 0 aromatic carbocycles. The summed E-state index contributed by atoms with van der Waals surface area (Å²) in [6.45, 7) is 3.67. The number of aliphatic hydroxyl groups is 1. The van der Waals surface area contributed by atoms with Crippen molar-refractivity contribution in [2.45, 2.75) is 77.7 Å². The quantitative estimate of drug-likeness (QED) is 0.440. The van der Waals surface area contributed by atoms with Crippen LogP contribution < -0.4 is 21.5 Å². The largest absolute Gasteiger partial charge is 1.00 e. The lowest BCUT2D eigenvalue weighted by Gasteiger charge is -2.02. The summed E-state index contributed by atoms with van der Waals surface area (Å²) in [5.41, 5.74) is 1.34. The summed E-state index contributed by atoms with van der Waals surface area (Å²) in [5.74, 6) is 0. The van der Waals surface area contributed by atoms with Crippen LogP contribution >= 0.6 is 0 Å². The van der Waals surface area contributed by atoms with E-state index < -0.39 is 0 Å². The van der Waals surface area contributed by atoms with Crippen molar-refractivity contribution in [3.05, 3.63) is 30.1 Å². The molecule has 2 nitrogen and oxygen atoms in total. The predicted molar refractivity (Wildman–Crippen MR) is 84.6 cm³/mol. The van der Waals surface area contributed by atoms with Crippen molar-refractivity contribution in [1.82, 2.24) is 0 Å². The predicted octanol–water partition coefficient (Wildman–Crippen LogP) is 1.18. The number of aliphatic hydroxyl groups excluding tert-OH is 1. The van der Waals surface area contributed by atoms with E-state index in [1.165, 1.54) is 63.4 Å². The minimum Gasteiger partial charge on any atom is -1.00 e. The van der Waals surface area contributed by atoms with E-state index in [1.807, 2.05) is 0 Å². The summed E-state index contributed by atoms with van der Waals surface area (Å²) in [7, 11) is 0. The van der Waals surface area contributed by atoms with Gasteiger partial charge in [-0.3, -0.25) is 0 Å². The van der Waals surface area contributed by atoms with Crippen molar-refractivity contribution >= 4 is 0 Å². The fraction of sp³-hybridized carbons (Fsp3) is 0.722. The van der Waals surface area contributed by atoms with E-state index in [0.29, 0.717) is 6.61 Å². The van der Waals surface area contributed by atoms with Gasteiger partial charge >= 0.3 is 0 Å². The Balaban J connectivity index is 0.00000400. The number of aromatic nitrogens is 1. The molecule has 0 aliphatic rings. The lowest BCUT2D eigenvalue weighted by atomic mass is 10.1. The monoisotopic (exact) mass is 357 g/mol. The van der Waals surface area contributed by atoms with Gasteiger partial charge in [-0.25, -0.2) is 4.57 Å². The van der Waals surface area contributed by atoms with Crippen LogP contribution in [0, 0.1) is 6.92 Å². The van der Waals surface area contributed by atoms with E-state index in [0.717, 1.165) is 13.0 Å². The van der Waals surface area contributed by atoms with Crippen molar-refractivity contribution in [3.63, 3.8) is 0 Å². The number of aryl methyl sites for hydroxylation is 2. The molecule has 0 aliphatic heterocycles. The highest BCUT2D eigenvalue weighted by atomic mass is 79.9. The van der Waals surface area contributed by atoms with E-state index in [2.05, 4.69) is 36.0 Å². The van der Waals surface area contributed by atoms with Gasteiger partial charge in [-0.15, -0.1) is 0 Å². The first kappa shape index (κ1) is 20.6. The molecule has 0 amide bonds. The van der Waals surface area contributed by atoms with E-state index in [-0.39, 0.29) is 17.0 Å². The molecule has 0 unspecified atom stereocenters. The first-order valence-electron chi connectivity index (χ1n) is 8.39. The van der Waals surface area contributed by atoms with Crippen molar-refractivity contribution < 1.29 is 26.7 Å². The molecular weight excluding hydrogens is 326 g/mol. The topological polar surface area (TPSA) is 24.1 Å². The van der Waals surface area contributed by atoms with Gasteiger partial charge in [-0.05, 0) is 25.8 Å². The SMILES string of the molecule is Cc1ccc[n+](CCCCCCCCCCCCO)c1.[Br-]. The maximum Gasteiger partial charge on any atom is 0.171 e. The Hall–Kier alpha value is -0.410. The van der Waals surface area contributed by atoms with Crippen molar-refractivity contribution in [2.75, 3.05) is 6.61 Å². The van der Waals surface area contributed by atoms with Gasteiger partial charge in [0.15, 0.2) is 12.4 Å². The number of unbranched alkanes of at least 4 members (excludes halogenated alkanes) is 9. The summed E-state index contributed by atoms with van der Waals surface area (Å²) in [6, 6.07) is 4.28. The smallest absolute Gasteiger partial charge is 0.171 e. The van der Waals surface area contributed by atoms with Crippen LogP contribution in [0.4, 0.5) is 0 Å². The Labute approximate surface area is 141 Å². The molecule has 122 valence electrons. The summed E-state index contributed by atoms with van der Waals surface area (Å²) in [4.78, 5) is 0. The Bertz CT molecular complexity index is 344. The van der Waals surface area contributed by atoms with Crippen LogP contribution in [-0.2, 0) is 6.54 Å². The van der Waals surface area contributed by atoms with Crippen molar-refractivity contribution in [1.29, 1.82) is 0 Å². The standard InChI is InChI=1S/C18H32NO.BrH/c1-18-13-12-15-19(17-18)14-10-8-6-4-2-3-5-7-9-11-16-20;/h12-13,15,17,20H,2-11,14,16H2,1H3;1H/q+1;/p-1. The molecule has 21 heavy (non-hydrogen) atoms. The third kappa shape index (κ3) is 11.9. The highest BCUT2D eigenvalue weighted by molar-refractivity contribution is 5.01. The Morgan fingerprint density at radius 3 is 1.90 bits per heavy atom. The number of hydrogen-bond acceptors (Lipinski definition) is 1. The van der Waals surface area contributed by atoms with Gasteiger partial charge in [0.05, 0.1) is 0 Å². The lowest BCUT2D eigenvalue weighted by Crippen LogP contribution is -3.00. The Morgan fingerprint density at radius 1 is 0.857 bits per heavy atom. The van der Waals surface area contributed by atoms with Gasteiger partial charge < -0.3 is 22.1 Å². The molecule has 0 radical (unpaired) electrons. The minimum absolute atomic E-state index is 0. The second-order valence-corrected chi connectivity index (χ2v) is 5.88. The third-order valence-corrected chi connectivity index (χ3v) is 3.83. The zero-order valence-electron chi connectivity index (χ0n) is 13.6. The molecule has 0 fully saturated rings. The molecule has 0 spiro atoms. The molecule has 1 N–H and O–H groups in total. The lowest BCUT2D eigenvalue weighted by molar-refractivity contribution is -0.697. The van der Waals surface area contributed by atoms with Crippen LogP contribution in [0.15, 0.2) is 24.5 Å². The Morgan fingerprint density at radius 2 is 1.38 bits per heavy atom. The van der Waals surface area contributed by atoms with Crippen LogP contribution in [0.25, 0.3) is 0 Å². The van der Waals surface area contributed by atoms with Crippen LogP contribution in [0.1, 0.15) is 69.8 Å². The van der Waals surface area contributed by atoms with Gasteiger partial charge in [-0.2, -0.15) is 0 Å². The molecule has 1 aromatic rings. The molecule has 1 aromatic heterocycles. The van der Waals surface area contributed by atoms with E-state index >= 15 is 0 Å². The van der Waals surface area contributed by atoms with Gasteiger partial charge in [0.1, 0.15) is 6.54 Å². The minimum atomic E-state index is 0. The molecular formula is C18H32BrNO. The summed E-state index contributed by atoms with van der Waals surface area (Å²) < 4.78 is 2.30. The second kappa shape index (κ2) is 14.5. The van der Waals surface area contributed by atoms with Crippen LogP contribution in [0.3, 0.4) is 0 Å². The zero-order valence-corrected chi connectivity index (χ0v) is 15.2. The maximum atomic E-state index is 8.69. The number of nitrogens with zero attached hydrogens (tertiary/aromatic N) is 1. The van der Waals surface area contributed by atoms with Crippen LogP contribution in [0.2, 0.25) is 0 Å². The highest BCUT2D eigenvalue weighted by Crippen LogP contribution is 2.10. The molecule has 1 rings (SSSR count). The molecule has 0 atom stereocenters. The zero-order chi connectivity index (χ0) is 14.5. The van der Waals surface area contributed by atoms with E-state index in [4.69, 9.17) is 5.11 Å². The fourth-order valence-corrected chi connectivity index (χ4v) is 2.61. The average molecular weight is 358 g/mol. The molecule has 3 heteroatoms. The Kier molecular flexibility index (Phi) is 14.2. The van der Waals surface area contributed by atoms with Gasteiger partial charge in [0.25, 0.3) is 0 Å². The summed E-state index contributed by atoms with van der Waals surface area (Å²) in [6.07, 6.45) is 17.4. The fourth-order valence-electron chi connectivity index (χ4n) is 2.61. The molecule has 0 aliphatic carbocycles.